The predicted octanol–water partition coefficient (Wildman–Crippen LogP) is 4.68. The number of amides is 1. The molecule has 0 radical (unpaired) electrons. The second-order valence-electron chi connectivity index (χ2n) is 6.85. The van der Waals surface area contributed by atoms with Crippen molar-refractivity contribution in [1.29, 1.82) is 0 Å². The molecule has 0 aromatic heterocycles. The van der Waals surface area contributed by atoms with Gasteiger partial charge in [-0.2, -0.15) is 0 Å². The third kappa shape index (κ3) is 5.23. The first-order valence-corrected chi connectivity index (χ1v) is 10.9. The Morgan fingerprint density at radius 1 is 0.931 bits per heavy atom. The molecule has 6 heteroatoms. The van der Waals surface area contributed by atoms with Crippen LogP contribution in [0.25, 0.3) is 0 Å². The SMILES string of the molecule is CC[C@@H](NC(=O)c1cccc(S(=O)(=O)Nc2cccc(C)c2)c1)c1ccccc1. The van der Waals surface area contributed by atoms with Crippen molar-refractivity contribution in [1.82, 2.24) is 5.32 Å². The molecule has 0 bridgehead atoms. The lowest BCUT2D eigenvalue weighted by atomic mass is 10.0. The Morgan fingerprint density at radius 2 is 1.66 bits per heavy atom. The summed E-state index contributed by atoms with van der Waals surface area (Å²) in [4.78, 5) is 12.8. The van der Waals surface area contributed by atoms with Crippen molar-refractivity contribution in [2.24, 2.45) is 0 Å². The zero-order valence-corrected chi connectivity index (χ0v) is 17.2. The maximum Gasteiger partial charge on any atom is 0.261 e. The average Bonchev–Trinajstić information content (AvgIpc) is 2.72. The van der Waals surface area contributed by atoms with Crippen LogP contribution in [0.4, 0.5) is 5.69 Å². The highest BCUT2D eigenvalue weighted by molar-refractivity contribution is 7.92. The van der Waals surface area contributed by atoms with Crippen molar-refractivity contribution in [3.05, 3.63) is 95.6 Å². The molecule has 3 aromatic rings. The highest BCUT2D eigenvalue weighted by Gasteiger charge is 2.18. The van der Waals surface area contributed by atoms with Gasteiger partial charge in [0.05, 0.1) is 10.9 Å². The topological polar surface area (TPSA) is 75.3 Å². The Bertz CT molecular complexity index is 1100. The molecule has 0 heterocycles. The van der Waals surface area contributed by atoms with Gasteiger partial charge in [0.25, 0.3) is 15.9 Å². The van der Waals surface area contributed by atoms with E-state index in [0.29, 0.717) is 11.3 Å². The van der Waals surface area contributed by atoms with Crippen LogP contribution in [0.1, 0.15) is 40.9 Å². The van der Waals surface area contributed by atoms with Crippen LogP contribution in [0, 0.1) is 6.92 Å². The Labute approximate surface area is 171 Å². The summed E-state index contributed by atoms with van der Waals surface area (Å²) in [6, 6.07) is 22.7. The van der Waals surface area contributed by atoms with E-state index in [1.165, 1.54) is 12.1 Å². The van der Waals surface area contributed by atoms with E-state index in [1.54, 1.807) is 30.3 Å². The lowest BCUT2D eigenvalue weighted by Gasteiger charge is -2.18. The fraction of sp³-hybridized carbons (Fsp3) is 0.174. The molecule has 3 rings (SSSR count). The van der Waals surface area contributed by atoms with Gasteiger partial charge in [-0.25, -0.2) is 8.42 Å². The molecule has 3 aromatic carbocycles. The van der Waals surface area contributed by atoms with E-state index < -0.39 is 10.0 Å². The van der Waals surface area contributed by atoms with E-state index in [0.717, 1.165) is 17.5 Å². The standard InChI is InChI=1S/C23H24N2O3S/c1-3-22(18-10-5-4-6-11-18)24-23(26)19-12-8-14-21(16-19)29(27,28)25-20-13-7-9-17(2)15-20/h4-16,22,25H,3H2,1-2H3,(H,24,26)/t22-/m1/s1. The minimum absolute atomic E-state index is 0.0411. The molecule has 2 N–H and O–H groups in total. The lowest BCUT2D eigenvalue weighted by molar-refractivity contribution is 0.0935. The first kappa shape index (κ1) is 20.6. The van der Waals surface area contributed by atoms with Crippen LogP contribution in [0.2, 0.25) is 0 Å². The summed E-state index contributed by atoms with van der Waals surface area (Å²) in [6.07, 6.45) is 0.725. The van der Waals surface area contributed by atoms with Gasteiger partial charge in [-0.05, 0) is 54.8 Å². The molecule has 0 fully saturated rings. The van der Waals surface area contributed by atoms with Gasteiger partial charge in [-0.1, -0.05) is 55.5 Å². The van der Waals surface area contributed by atoms with Crippen LogP contribution < -0.4 is 10.0 Å². The maximum atomic E-state index is 12.7. The summed E-state index contributed by atoms with van der Waals surface area (Å²) in [6.45, 7) is 3.88. The Hall–Kier alpha value is -3.12. The molecule has 29 heavy (non-hydrogen) atoms. The molecule has 0 aliphatic rings. The van der Waals surface area contributed by atoms with Crippen molar-refractivity contribution < 1.29 is 13.2 Å². The van der Waals surface area contributed by atoms with Crippen LogP contribution in [-0.2, 0) is 10.0 Å². The van der Waals surface area contributed by atoms with Gasteiger partial charge in [-0.3, -0.25) is 9.52 Å². The predicted molar refractivity (Wildman–Crippen MR) is 115 cm³/mol. The van der Waals surface area contributed by atoms with E-state index in [9.17, 15) is 13.2 Å². The fourth-order valence-corrected chi connectivity index (χ4v) is 4.17. The van der Waals surface area contributed by atoms with E-state index >= 15 is 0 Å². The first-order chi connectivity index (χ1) is 13.9. The summed E-state index contributed by atoms with van der Waals surface area (Å²) < 4.78 is 28.0. The van der Waals surface area contributed by atoms with Gasteiger partial charge < -0.3 is 5.32 Å². The average molecular weight is 409 g/mol. The van der Waals surface area contributed by atoms with Gasteiger partial charge in [-0.15, -0.1) is 0 Å². The molecule has 150 valence electrons. The quantitative estimate of drug-likeness (QED) is 0.596. The van der Waals surface area contributed by atoms with E-state index in [4.69, 9.17) is 0 Å². The lowest BCUT2D eigenvalue weighted by Crippen LogP contribution is -2.28. The summed E-state index contributed by atoms with van der Waals surface area (Å²) >= 11 is 0. The molecule has 1 atom stereocenters. The van der Waals surface area contributed by atoms with Gasteiger partial charge in [0.2, 0.25) is 0 Å². The molecular formula is C23H24N2O3S. The number of nitrogens with one attached hydrogen (secondary N) is 2. The van der Waals surface area contributed by atoms with Crippen molar-refractivity contribution >= 4 is 21.6 Å². The van der Waals surface area contributed by atoms with Crippen molar-refractivity contribution in [2.75, 3.05) is 4.72 Å². The zero-order chi connectivity index (χ0) is 20.9. The summed E-state index contributed by atoms with van der Waals surface area (Å²) in [5.74, 6) is -0.312. The second-order valence-corrected chi connectivity index (χ2v) is 8.53. The van der Waals surface area contributed by atoms with Crippen LogP contribution in [-0.4, -0.2) is 14.3 Å². The molecule has 0 aliphatic heterocycles. The number of carbonyl (C=O) groups is 1. The van der Waals surface area contributed by atoms with Crippen LogP contribution in [0.3, 0.4) is 0 Å². The summed E-state index contributed by atoms with van der Waals surface area (Å²) in [5.41, 5.74) is 2.74. The minimum Gasteiger partial charge on any atom is -0.345 e. The molecule has 0 unspecified atom stereocenters. The van der Waals surface area contributed by atoms with E-state index in [1.807, 2.05) is 50.2 Å². The number of hydrogen-bond donors (Lipinski definition) is 2. The van der Waals surface area contributed by atoms with Gasteiger partial charge >= 0.3 is 0 Å². The number of carbonyl (C=O) groups excluding carboxylic acids is 1. The first-order valence-electron chi connectivity index (χ1n) is 9.44. The number of anilines is 1. The van der Waals surface area contributed by atoms with Crippen LogP contribution in [0.15, 0.2) is 83.8 Å². The Kier molecular flexibility index (Phi) is 6.34. The minimum atomic E-state index is -3.80. The Balaban J connectivity index is 1.80. The molecule has 0 saturated heterocycles. The highest BCUT2D eigenvalue weighted by atomic mass is 32.2. The molecular weight excluding hydrogens is 384 g/mol. The molecule has 0 spiro atoms. The third-order valence-electron chi connectivity index (χ3n) is 4.59. The van der Waals surface area contributed by atoms with E-state index in [2.05, 4.69) is 10.0 Å². The number of rotatable bonds is 7. The van der Waals surface area contributed by atoms with Crippen LogP contribution in [0.5, 0.6) is 0 Å². The summed E-state index contributed by atoms with van der Waals surface area (Å²) in [5, 5.41) is 2.98. The van der Waals surface area contributed by atoms with Crippen molar-refractivity contribution in [3.63, 3.8) is 0 Å². The zero-order valence-electron chi connectivity index (χ0n) is 16.4. The summed E-state index contributed by atoms with van der Waals surface area (Å²) in [7, 11) is -3.80. The molecule has 5 nitrogen and oxygen atoms in total. The monoisotopic (exact) mass is 408 g/mol. The number of sulfonamides is 1. The van der Waals surface area contributed by atoms with Gasteiger partial charge in [0, 0.05) is 11.3 Å². The van der Waals surface area contributed by atoms with E-state index in [-0.39, 0.29) is 16.8 Å². The smallest absolute Gasteiger partial charge is 0.261 e. The van der Waals surface area contributed by atoms with Crippen LogP contribution >= 0.6 is 0 Å². The Morgan fingerprint density at radius 3 is 2.34 bits per heavy atom. The van der Waals surface area contributed by atoms with Crippen molar-refractivity contribution in [3.8, 4) is 0 Å². The normalized spacial score (nSPS) is 12.2. The fourth-order valence-electron chi connectivity index (χ4n) is 3.08. The molecule has 1 amide bonds. The maximum absolute atomic E-state index is 12.7. The highest BCUT2D eigenvalue weighted by Crippen LogP contribution is 2.20. The number of hydrogen-bond acceptors (Lipinski definition) is 3. The largest absolute Gasteiger partial charge is 0.345 e. The van der Waals surface area contributed by atoms with Gasteiger partial charge in [0.15, 0.2) is 0 Å². The second kappa shape index (κ2) is 8.92. The molecule has 0 aliphatic carbocycles. The van der Waals surface area contributed by atoms with Gasteiger partial charge in [0.1, 0.15) is 0 Å². The number of aryl methyl sites for hydroxylation is 1. The molecule has 0 saturated carbocycles. The van der Waals surface area contributed by atoms with Crippen molar-refractivity contribution in [2.45, 2.75) is 31.2 Å². The number of benzene rings is 3. The third-order valence-corrected chi connectivity index (χ3v) is 5.97.